The Bertz CT molecular complexity index is 521. The molecule has 0 heterocycles. The predicted molar refractivity (Wildman–Crippen MR) is 69.7 cm³/mol. The fourth-order valence-electron chi connectivity index (χ4n) is 2.50. The minimum Gasteiger partial charge on any atom is -0.322 e. The monoisotopic (exact) mass is 356 g/mol. The Morgan fingerprint density at radius 3 is 1.33 bits per heavy atom. The summed E-state index contributed by atoms with van der Waals surface area (Å²) in [5.41, 5.74) is -9.00. The van der Waals surface area contributed by atoms with Gasteiger partial charge in [-0.2, -0.15) is 21.6 Å². The number of halogens is 3. The van der Waals surface area contributed by atoms with Gasteiger partial charge in [0.25, 0.3) is 0 Å². The van der Waals surface area contributed by atoms with Crippen molar-refractivity contribution in [2.45, 2.75) is 52.4 Å². The van der Waals surface area contributed by atoms with Crippen molar-refractivity contribution in [3.05, 3.63) is 0 Å². The van der Waals surface area contributed by atoms with Crippen molar-refractivity contribution in [1.29, 1.82) is 0 Å². The second kappa shape index (κ2) is 5.19. The number of alkyl halides is 3. The molecule has 0 spiro atoms. The lowest BCUT2D eigenvalue weighted by molar-refractivity contribution is -0.0946. The van der Waals surface area contributed by atoms with E-state index in [0.29, 0.717) is 0 Å². The van der Waals surface area contributed by atoms with Crippen molar-refractivity contribution >= 4 is 17.7 Å². The molecule has 0 bridgehead atoms. The average molecular weight is 356 g/mol. The standard InChI is InChI=1S/C10H20F3O6PS/c1-7(2,3)9(8(4,5)6,20(14,15)16)19-21(17,18)10(11,12)13/h1-6H3,(H2,14,15,16). The van der Waals surface area contributed by atoms with Crippen LogP contribution in [0.3, 0.4) is 0 Å². The van der Waals surface area contributed by atoms with E-state index in [0.717, 1.165) is 0 Å². The lowest BCUT2D eigenvalue weighted by atomic mass is 9.73. The van der Waals surface area contributed by atoms with Crippen LogP contribution in [-0.4, -0.2) is 29.1 Å². The summed E-state index contributed by atoms with van der Waals surface area (Å²) < 4.78 is 76.4. The van der Waals surface area contributed by atoms with E-state index in [1.165, 1.54) is 41.5 Å². The van der Waals surface area contributed by atoms with Crippen molar-refractivity contribution < 1.29 is 40.1 Å². The van der Waals surface area contributed by atoms with Crippen LogP contribution in [0.1, 0.15) is 41.5 Å². The molecule has 2 N–H and O–H groups in total. The van der Waals surface area contributed by atoms with Gasteiger partial charge in [0.05, 0.1) is 0 Å². The van der Waals surface area contributed by atoms with Crippen LogP contribution in [0.4, 0.5) is 13.2 Å². The minimum atomic E-state index is -6.20. The summed E-state index contributed by atoms with van der Waals surface area (Å²) >= 11 is 0. The Labute approximate surface area is 122 Å². The van der Waals surface area contributed by atoms with Gasteiger partial charge in [-0.3, -0.25) is 4.57 Å². The van der Waals surface area contributed by atoms with Gasteiger partial charge in [-0.05, 0) is 0 Å². The quantitative estimate of drug-likeness (QED) is 0.458. The molecular formula is C10H20F3O6PS. The lowest BCUT2D eigenvalue weighted by Crippen LogP contribution is -2.56. The average Bonchev–Trinajstić information content (AvgIpc) is 2.05. The van der Waals surface area contributed by atoms with Crippen LogP contribution >= 0.6 is 7.60 Å². The molecule has 0 aliphatic heterocycles. The molecule has 0 aliphatic carbocycles. The second-order valence-corrected chi connectivity index (χ2v) is 9.93. The Hall–Kier alpha value is -0.150. The maximum absolute atomic E-state index is 12.6. The predicted octanol–water partition coefficient (Wildman–Crippen LogP) is 2.82. The minimum absolute atomic E-state index is 1.20. The first kappa shape index (κ1) is 20.9. The molecule has 0 radical (unpaired) electrons. The van der Waals surface area contributed by atoms with Gasteiger partial charge in [0, 0.05) is 10.8 Å². The molecule has 0 fully saturated rings. The van der Waals surface area contributed by atoms with E-state index in [1.807, 2.05) is 0 Å². The van der Waals surface area contributed by atoms with Crippen molar-refractivity contribution in [1.82, 2.24) is 0 Å². The number of rotatable bonds is 3. The third kappa shape index (κ3) is 3.61. The van der Waals surface area contributed by atoms with Crippen LogP contribution in [0.25, 0.3) is 0 Å². The molecule has 0 atom stereocenters. The van der Waals surface area contributed by atoms with Crippen LogP contribution < -0.4 is 0 Å². The summed E-state index contributed by atoms with van der Waals surface area (Å²) in [6.07, 6.45) is 0. The Morgan fingerprint density at radius 2 is 1.19 bits per heavy atom. The molecule has 0 rings (SSSR count). The zero-order valence-electron chi connectivity index (χ0n) is 12.5. The lowest BCUT2D eigenvalue weighted by Gasteiger charge is -2.51. The molecule has 0 amide bonds. The van der Waals surface area contributed by atoms with Crippen molar-refractivity contribution in [2.24, 2.45) is 10.8 Å². The SMILES string of the molecule is CC(C)(C)C(OS(=O)(=O)C(F)(F)F)(C(C)(C)C)P(=O)(O)O. The summed E-state index contributed by atoms with van der Waals surface area (Å²) in [7, 11) is -11.6. The fourth-order valence-corrected chi connectivity index (χ4v) is 5.85. The zero-order chi connectivity index (χ0) is 17.7. The summed E-state index contributed by atoms with van der Waals surface area (Å²) in [5, 5.41) is -2.89. The van der Waals surface area contributed by atoms with Gasteiger partial charge in [0.2, 0.25) is 0 Å². The molecule has 0 aliphatic rings. The molecular weight excluding hydrogens is 336 g/mol. The molecule has 0 saturated heterocycles. The Morgan fingerprint density at radius 1 is 0.905 bits per heavy atom. The van der Waals surface area contributed by atoms with Gasteiger partial charge in [0.15, 0.2) is 5.34 Å². The Kier molecular flexibility index (Phi) is 5.16. The summed E-state index contributed by atoms with van der Waals surface area (Å²) in [6.45, 7) is 7.19. The van der Waals surface area contributed by atoms with E-state index in [4.69, 9.17) is 0 Å². The van der Waals surface area contributed by atoms with Gasteiger partial charge in [-0.25, -0.2) is 4.18 Å². The van der Waals surface area contributed by atoms with Crippen LogP contribution in [0.5, 0.6) is 0 Å². The molecule has 21 heavy (non-hydrogen) atoms. The van der Waals surface area contributed by atoms with Gasteiger partial charge in [0.1, 0.15) is 0 Å². The van der Waals surface area contributed by atoms with Crippen LogP contribution in [0.2, 0.25) is 0 Å². The van der Waals surface area contributed by atoms with E-state index in [9.17, 15) is 35.9 Å². The summed E-state index contributed by atoms with van der Waals surface area (Å²) in [6, 6.07) is 0. The van der Waals surface area contributed by atoms with E-state index < -0.39 is 39.4 Å². The molecule has 128 valence electrons. The van der Waals surface area contributed by atoms with Crippen molar-refractivity contribution in [3.8, 4) is 0 Å². The van der Waals surface area contributed by atoms with Gasteiger partial charge in [-0.1, -0.05) is 41.5 Å². The van der Waals surface area contributed by atoms with Gasteiger partial charge in [-0.15, -0.1) is 0 Å². The molecule has 0 aromatic rings. The molecule has 11 heteroatoms. The molecule has 6 nitrogen and oxygen atoms in total. The molecule has 0 aromatic heterocycles. The first-order valence-corrected chi connectivity index (χ1v) is 8.80. The molecule has 0 unspecified atom stereocenters. The van der Waals surface area contributed by atoms with E-state index in [1.54, 1.807) is 0 Å². The highest BCUT2D eigenvalue weighted by molar-refractivity contribution is 7.87. The fraction of sp³-hybridized carbons (Fsp3) is 1.00. The van der Waals surface area contributed by atoms with E-state index >= 15 is 0 Å². The van der Waals surface area contributed by atoms with E-state index in [2.05, 4.69) is 4.18 Å². The van der Waals surface area contributed by atoms with Crippen LogP contribution in [0.15, 0.2) is 0 Å². The Balaban J connectivity index is 6.57. The summed E-state index contributed by atoms with van der Waals surface area (Å²) in [5.74, 6) is 0. The highest BCUT2D eigenvalue weighted by Gasteiger charge is 2.68. The third-order valence-corrected chi connectivity index (χ3v) is 6.37. The topological polar surface area (TPSA) is 101 Å². The maximum atomic E-state index is 12.6. The highest BCUT2D eigenvalue weighted by Crippen LogP contribution is 2.68. The van der Waals surface area contributed by atoms with Crippen LogP contribution in [-0.2, 0) is 18.9 Å². The normalized spacial score (nSPS) is 16.1. The largest absolute Gasteiger partial charge is 0.523 e. The van der Waals surface area contributed by atoms with E-state index in [-0.39, 0.29) is 0 Å². The van der Waals surface area contributed by atoms with Gasteiger partial charge < -0.3 is 9.79 Å². The first-order chi connectivity index (χ1) is 8.71. The van der Waals surface area contributed by atoms with Crippen molar-refractivity contribution in [2.75, 3.05) is 0 Å². The molecule has 0 saturated carbocycles. The maximum Gasteiger partial charge on any atom is 0.523 e. The van der Waals surface area contributed by atoms with Crippen molar-refractivity contribution in [3.63, 3.8) is 0 Å². The highest BCUT2D eigenvalue weighted by atomic mass is 32.2. The third-order valence-electron chi connectivity index (χ3n) is 2.96. The molecule has 0 aromatic carbocycles. The first-order valence-electron chi connectivity index (χ1n) is 5.78. The van der Waals surface area contributed by atoms with Crippen LogP contribution in [0, 0.1) is 10.8 Å². The second-order valence-electron chi connectivity index (χ2n) is 6.67. The number of hydrogen-bond acceptors (Lipinski definition) is 4. The number of hydrogen-bond donors (Lipinski definition) is 2. The van der Waals surface area contributed by atoms with Gasteiger partial charge >= 0.3 is 23.2 Å². The zero-order valence-corrected chi connectivity index (χ0v) is 14.2. The summed E-state index contributed by atoms with van der Waals surface area (Å²) in [4.78, 5) is 19.2. The smallest absolute Gasteiger partial charge is 0.322 e.